The monoisotopic (exact) mass is 731 g/mol. The number of carbonyl (C=O) groups is 2. The summed E-state index contributed by atoms with van der Waals surface area (Å²) >= 11 is 12.2. The minimum atomic E-state index is -4.91. The Kier molecular flexibility index (Phi) is 11.6. The van der Waals surface area contributed by atoms with Crippen molar-refractivity contribution < 1.29 is 31.2 Å². The molecule has 13 heteroatoms. The normalized spacial score (nSPS) is 14.3. The van der Waals surface area contributed by atoms with Crippen LogP contribution in [0.1, 0.15) is 42.4 Å². The lowest BCUT2D eigenvalue weighted by Crippen LogP contribution is -2.54. The number of hydrogen-bond acceptors (Lipinski definition) is 4. The van der Waals surface area contributed by atoms with Crippen LogP contribution in [0.2, 0.25) is 10.0 Å². The van der Waals surface area contributed by atoms with Gasteiger partial charge in [0.1, 0.15) is 12.6 Å². The maximum Gasteiger partial charge on any atom is 0.417 e. The van der Waals surface area contributed by atoms with E-state index in [0.717, 1.165) is 43.4 Å². The molecule has 7 nitrogen and oxygen atoms in total. The van der Waals surface area contributed by atoms with Crippen molar-refractivity contribution in [1.82, 2.24) is 10.2 Å². The molecule has 1 aliphatic carbocycles. The van der Waals surface area contributed by atoms with Crippen LogP contribution in [0.4, 0.5) is 18.9 Å². The topological polar surface area (TPSA) is 86.8 Å². The Labute approximate surface area is 293 Å². The molecule has 4 aromatic carbocycles. The molecule has 0 unspecified atom stereocenters. The second-order valence-electron chi connectivity index (χ2n) is 11.8. The molecule has 0 heterocycles. The third kappa shape index (κ3) is 9.14. The van der Waals surface area contributed by atoms with Crippen molar-refractivity contribution in [2.24, 2.45) is 0 Å². The van der Waals surface area contributed by atoms with Gasteiger partial charge in [-0.1, -0.05) is 96.7 Å². The van der Waals surface area contributed by atoms with Crippen molar-refractivity contribution in [3.05, 3.63) is 130 Å². The first-order valence-corrected chi connectivity index (χ1v) is 17.9. The van der Waals surface area contributed by atoms with Crippen LogP contribution in [-0.2, 0) is 38.8 Å². The van der Waals surface area contributed by atoms with Gasteiger partial charge in [-0.25, -0.2) is 8.42 Å². The first-order chi connectivity index (χ1) is 23.3. The summed E-state index contributed by atoms with van der Waals surface area (Å²) in [4.78, 5) is 29.7. The van der Waals surface area contributed by atoms with Gasteiger partial charge in [-0.2, -0.15) is 13.2 Å². The van der Waals surface area contributed by atoms with Gasteiger partial charge in [0.25, 0.3) is 10.0 Å². The summed E-state index contributed by atoms with van der Waals surface area (Å²) in [5, 5.41) is 2.83. The number of halogens is 5. The molecular formula is C36H34Cl2F3N3O4S. The zero-order valence-electron chi connectivity index (χ0n) is 26.2. The van der Waals surface area contributed by atoms with Gasteiger partial charge in [0.15, 0.2) is 0 Å². The number of amides is 2. The van der Waals surface area contributed by atoms with Gasteiger partial charge < -0.3 is 10.2 Å². The van der Waals surface area contributed by atoms with Crippen LogP contribution in [-0.4, -0.2) is 43.8 Å². The number of nitrogens with zero attached hydrogens (tertiary/aromatic N) is 2. The average Bonchev–Trinajstić information content (AvgIpc) is 3.59. The molecule has 49 heavy (non-hydrogen) atoms. The van der Waals surface area contributed by atoms with Crippen molar-refractivity contribution in [3.63, 3.8) is 0 Å². The molecule has 0 aromatic heterocycles. The number of alkyl halides is 3. The fraction of sp³-hybridized carbons (Fsp3) is 0.278. The SMILES string of the molecule is O=C(NC1CCCC1)[C@@H](Cc1ccccc1)N(Cc1cccc(Cl)c1)C(=O)CN(c1ccc(Cl)c(C(F)(F)F)c1)S(=O)(=O)c1ccccc1. The molecule has 1 saturated carbocycles. The first-order valence-electron chi connectivity index (χ1n) is 15.7. The standard InChI is InChI=1S/C36H34Cl2F3N3O4S/c37-27-13-9-12-26(20-27)23-43(33(21-25-10-3-1-4-11-25)35(46)42-28-14-7-8-15-28)34(45)24-44(49(47,48)30-16-5-2-6-17-30)29-18-19-32(38)31(22-29)36(39,40)41/h1-6,9-13,16-20,22,28,33H,7-8,14-15,21,23-24H2,(H,42,46)/t33-/m1/s1. The molecule has 1 atom stereocenters. The summed E-state index contributed by atoms with van der Waals surface area (Å²) in [5.41, 5.74) is -0.372. The molecule has 1 N–H and O–H groups in total. The van der Waals surface area contributed by atoms with E-state index in [1.165, 1.54) is 29.2 Å². The summed E-state index contributed by atoms with van der Waals surface area (Å²) in [5.74, 6) is -1.24. The maximum atomic E-state index is 14.6. The summed E-state index contributed by atoms with van der Waals surface area (Å²) in [6, 6.07) is 24.3. The van der Waals surface area contributed by atoms with E-state index >= 15 is 0 Å². The third-order valence-corrected chi connectivity index (χ3v) is 10.7. The summed E-state index contributed by atoms with van der Waals surface area (Å²) in [6.07, 6.45) is -1.34. The number of rotatable bonds is 12. The molecule has 0 spiro atoms. The van der Waals surface area contributed by atoms with E-state index in [9.17, 15) is 31.2 Å². The molecule has 2 amide bonds. The van der Waals surface area contributed by atoms with E-state index in [0.29, 0.717) is 21.0 Å². The van der Waals surface area contributed by atoms with Crippen molar-refractivity contribution in [2.45, 2.75) is 61.8 Å². The van der Waals surface area contributed by atoms with Gasteiger partial charge >= 0.3 is 6.18 Å². The van der Waals surface area contributed by atoms with Crippen LogP contribution in [0.25, 0.3) is 0 Å². The molecule has 0 radical (unpaired) electrons. The molecule has 0 bridgehead atoms. The molecule has 5 rings (SSSR count). The van der Waals surface area contributed by atoms with E-state index in [4.69, 9.17) is 23.2 Å². The Hall–Kier alpha value is -4.06. The third-order valence-electron chi connectivity index (χ3n) is 8.37. The van der Waals surface area contributed by atoms with E-state index in [1.54, 1.807) is 42.5 Å². The lowest BCUT2D eigenvalue weighted by molar-refractivity contribution is -0.140. The van der Waals surface area contributed by atoms with Crippen LogP contribution in [0, 0.1) is 0 Å². The van der Waals surface area contributed by atoms with Gasteiger partial charge in [0, 0.05) is 24.0 Å². The van der Waals surface area contributed by atoms with Gasteiger partial charge in [0.05, 0.1) is 21.2 Å². The predicted molar refractivity (Wildman–Crippen MR) is 184 cm³/mol. The highest BCUT2D eigenvalue weighted by Crippen LogP contribution is 2.38. The Bertz CT molecular complexity index is 1870. The number of hydrogen-bond donors (Lipinski definition) is 1. The number of sulfonamides is 1. The van der Waals surface area contributed by atoms with E-state index in [1.807, 2.05) is 18.2 Å². The van der Waals surface area contributed by atoms with Gasteiger partial charge in [0.2, 0.25) is 11.8 Å². The quantitative estimate of drug-likeness (QED) is 0.161. The van der Waals surface area contributed by atoms with Crippen molar-refractivity contribution in [3.8, 4) is 0 Å². The fourth-order valence-corrected chi connectivity index (χ4v) is 7.75. The van der Waals surface area contributed by atoms with Gasteiger partial charge in [-0.05, 0) is 66.4 Å². The Morgan fingerprint density at radius 1 is 0.837 bits per heavy atom. The number of anilines is 1. The zero-order chi connectivity index (χ0) is 35.2. The minimum absolute atomic E-state index is 0.0845. The second-order valence-corrected chi connectivity index (χ2v) is 14.5. The molecule has 1 fully saturated rings. The van der Waals surface area contributed by atoms with Gasteiger partial charge in [-0.3, -0.25) is 13.9 Å². The average molecular weight is 733 g/mol. The van der Waals surface area contributed by atoms with Crippen molar-refractivity contribution in [1.29, 1.82) is 0 Å². The Morgan fingerprint density at radius 2 is 1.47 bits per heavy atom. The first kappa shape index (κ1) is 36.2. The molecule has 4 aromatic rings. The molecule has 258 valence electrons. The highest BCUT2D eigenvalue weighted by atomic mass is 35.5. The fourth-order valence-electron chi connectivity index (χ4n) is 5.89. The zero-order valence-corrected chi connectivity index (χ0v) is 28.6. The highest BCUT2D eigenvalue weighted by molar-refractivity contribution is 7.92. The Balaban J connectivity index is 1.61. The summed E-state index contributed by atoms with van der Waals surface area (Å²) < 4.78 is 70.7. The van der Waals surface area contributed by atoms with Crippen molar-refractivity contribution >= 4 is 50.7 Å². The lowest BCUT2D eigenvalue weighted by Gasteiger charge is -2.34. The molecule has 0 aliphatic heterocycles. The summed E-state index contributed by atoms with van der Waals surface area (Å²) in [6.45, 7) is -1.05. The summed E-state index contributed by atoms with van der Waals surface area (Å²) in [7, 11) is -4.61. The van der Waals surface area contributed by atoms with E-state index in [-0.39, 0.29) is 23.9 Å². The Morgan fingerprint density at radius 3 is 2.10 bits per heavy atom. The van der Waals surface area contributed by atoms with Crippen molar-refractivity contribution in [2.75, 3.05) is 10.8 Å². The molecule has 1 aliphatic rings. The predicted octanol–water partition coefficient (Wildman–Crippen LogP) is 7.91. The second kappa shape index (κ2) is 15.7. The minimum Gasteiger partial charge on any atom is -0.352 e. The van der Waals surface area contributed by atoms with Crippen LogP contribution in [0.3, 0.4) is 0 Å². The molecule has 0 saturated heterocycles. The van der Waals surface area contributed by atoms with E-state index in [2.05, 4.69) is 5.32 Å². The van der Waals surface area contributed by atoms with Crippen LogP contribution in [0.15, 0.2) is 108 Å². The van der Waals surface area contributed by atoms with Crippen LogP contribution >= 0.6 is 23.2 Å². The van der Waals surface area contributed by atoms with Gasteiger partial charge in [-0.15, -0.1) is 0 Å². The van der Waals surface area contributed by atoms with Crippen LogP contribution < -0.4 is 9.62 Å². The lowest BCUT2D eigenvalue weighted by atomic mass is 10.0. The largest absolute Gasteiger partial charge is 0.417 e. The highest BCUT2D eigenvalue weighted by Gasteiger charge is 2.38. The van der Waals surface area contributed by atoms with Crippen LogP contribution in [0.5, 0.6) is 0 Å². The smallest absolute Gasteiger partial charge is 0.352 e. The number of benzene rings is 4. The maximum absolute atomic E-state index is 14.6. The van der Waals surface area contributed by atoms with E-state index < -0.39 is 56.9 Å². The number of carbonyl (C=O) groups excluding carboxylic acids is 2. The number of nitrogens with one attached hydrogen (secondary N) is 1. The molecular weight excluding hydrogens is 698 g/mol.